The second kappa shape index (κ2) is 15.1. The highest BCUT2D eigenvalue weighted by atomic mass is 31.2. The fourth-order valence-corrected chi connectivity index (χ4v) is 4.09. The molecule has 0 saturated carbocycles. The molecule has 1 aliphatic rings. The molecular weight excluding hydrogens is 517 g/mol. The first-order valence-electron chi connectivity index (χ1n) is 11.7. The molecule has 0 amide bonds. The molecule has 0 radical (unpaired) electrons. The second-order valence-electron chi connectivity index (χ2n) is 7.76. The Morgan fingerprint density at radius 1 is 0.946 bits per heavy atom. The summed E-state index contributed by atoms with van der Waals surface area (Å²) in [6, 6.07) is 0. The van der Waals surface area contributed by atoms with Gasteiger partial charge in [-0.1, -0.05) is 0 Å². The van der Waals surface area contributed by atoms with Crippen molar-refractivity contribution in [2.75, 3.05) is 71.8 Å². The van der Waals surface area contributed by atoms with Crippen LogP contribution >= 0.6 is 8.17 Å². The Hall–Kier alpha value is -1.66. The van der Waals surface area contributed by atoms with Crippen LogP contribution in [-0.2, 0) is 32.7 Å². The van der Waals surface area contributed by atoms with E-state index >= 15 is 0 Å². The molecule has 1 aliphatic heterocycles. The predicted octanol–water partition coefficient (Wildman–Crippen LogP) is -1.82. The molecule has 3 rings (SSSR count). The Bertz CT molecular complexity index is 939. The summed E-state index contributed by atoms with van der Waals surface area (Å²) in [6.07, 6.45) is -2.45. The lowest BCUT2D eigenvalue weighted by Crippen LogP contribution is -2.34. The minimum absolute atomic E-state index is 0.0319. The zero-order valence-corrected chi connectivity index (χ0v) is 21.4. The van der Waals surface area contributed by atoms with Gasteiger partial charge in [0.05, 0.1) is 52.6 Å². The molecule has 210 valence electrons. The van der Waals surface area contributed by atoms with Crippen molar-refractivity contribution in [1.29, 1.82) is 0 Å². The lowest BCUT2D eigenvalue weighted by Gasteiger charge is -2.22. The van der Waals surface area contributed by atoms with E-state index in [1.807, 2.05) is 6.92 Å². The number of nitrogens with two attached hydrogens (primary N) is 1. The van der Waals surface area contributed by atoms with Crippen molar-refractivity contribution in [2.24, 2.45) is 0 Å². The summed E-state index contributed by atoms with van der Waals surface area (Å²) in [7, 11) is -4.47. The van der Waals surface area contributed by atoms with Gasteiger partial charge >= 0.3 is 8.17 Å². The van der Waals surface area contributed by atoms with E-state index in [1.54, 1.807) is 0 Å². The van der Waals surface area contributed by atoms with Crippen LogP contribution in [0.1, 0.15) is 13.2 Å². The molecule has 5 atom stereocenters. The minimum Gasteiger partial charge on any atom is -0.606 e. The van der Waals surface area contributed by atoms with Crippen molar-refractivity contribution >= 4 is 25.2 Å². The molecule has 2 aromatic heterocycles. The molecule has 2 aromatic rings. The van der Waals surface area contributed by atoms with Crippen LogP contribution in [0.25, 0.3) is 11.2 Å². The normalized spacial score (nSPS) is 23.6. The van der Waals surface area contributed by atoms with Crippen LogP contribution in [0.15, 0.2) is 12.7 Å². The first-order chi connectivity index (χ1) is 17.8. The molecule has 0 aromatic carbocycles. The highest BCUT2D eigenvalue weighted by Gasteiger charge is 2.46. The van der Waals surface area contributed by atoms with Crippen LogP contribution in [-0.4, -0.2) is 119 Å². The molecule has 17 heteroatoms. The number of aromatic nitrogens is 4. The third-order valence-electron chi connectivity index (χ3n) is 5.20. The third-order valence-corrected chi connectivity index (χ3v) is 6.19. The van der Waals surface area contributed by atoms with Gasteiger partial charge in [0.2, 0.25) is 0 Å². The molecule has 1 saturated heterocycles. The Morgan fingerprint density at radius 3 is 2.22 bits per heavy atom. The van der Waals surface area contributed by atoms with Crippen LogP contribution in [0.3, 0.4) is 0 Å². The average Bonchev–Trinajstić information content (AvgIpc) is 3.42. The van der Waals surface area contributed by atoms with Crippen molar-refractivity contribution in [2.45, 2.75) is 31.5 Å². The Balaban J connectivity index is 1.30. The second-order valence-corrected chi connectivity index (χ2v) is 9.21. The molecule has 1 unspecified atom stereocenters. The smallest absolute Gasteiger partial charge is 0.376 e. The van der Waals surface area contributed by atoms with E-state index in [0.717, 1.165) is 0 Å². The van der Waals surface area contributed by atoms with Crippen LogP contribution < -0.4 is 10.6 Å². The quantitative estimate of drug-likeness (QED) is 0.118. The van der Waals surface area contributed by atoms with Crippen LogP contribution in [0.4, 0.5) is 5.82 Å². The first-order valence-corrected chi connectivity index (χ1v) is 13.2. The Labute approximate surface area is 213 Å². The molecule has 0 spiro atoms. The number of imidazole rings is 1. The van der Waals surface area contributed by atoms with E-state index in [0.29, 0.717) is 45.2 Å². The van der Waals surface area contributed by atoms with Crippen molar-refractivity contribution < 1.29 is 52.7 Å². The van der Waals surface area contributed by atoms with E-state index in [2.05, 4.69) is 15.0 Å². The van der Waals surface area contributed by atoms with Gasteiger partial charge in [-0.25, -0.2) is 15.0 Å². The number of nitrogen functional groups attached to an aromatic ring is 1. The number of ether oxygens (including phenoxy) is 5. The number of aliphatic hydroxyl groups is 2. The molecule has 3 heterocycles. The summed E-state index contributed by atoms with van der Waals surface area (Å²) in [5.41, 5.74) is 6.36. The fraction of sp³-hybridized carbons (Fsp3) is 0.750. The maximum Gasteiger partial charge on any atom is 0.376 e. The number of hydrogen-bond acceptors (Lipinski definition) is 15. The lowest BCUT2D eigenvalue weighted by molar-refractivity contribution is -0.246. The number of hydrogen-bond donors (Lipinski definition) is 4. The van der Waals surface area contributed by atoms with Gasteiger partial charge < -0.3 is 44.5 Å². The van der Waals surface area contributed by atoms with Gasteiger partial charge in [-0.3, -0.25) is 4.57 Å². The van der Waals surface area contributed by atoms with Gasteiger partial charge in [0.1, 0.15) is 43.4 Å². The SMILES string of the molecule is CCOCCOCCOCCOCCO[P+]([O-])(O)OC[C@H]1O[C@@H](n2cnc3c(N)ncnc32)[C@H](O)[C@@H]1O. The number of aliphatic hydroxyl groups excluding tert-OH is 2. The summed E-state index contributed by atoms with van der Waals surface area (Å²) >= 11 is 0. The molecule has 37 heavy (non-hydrogen) atoms. The molecule has 0 aliphatic carbocycles. The molecule has 5 N–H and O–H groups in total. The zero-order valence-electron chi connectivity index (χ0n) is 20.5. The summed E-state index contributed by atoms with van der Waals surface area (Å²) in [5, 5.41) is 20.8. The number of phosphoric acid groups is 1. The Morgan fingerprint density at radius 2 is 1.57 bits per heavy atom. The zero-order chi connectivity index (χ0) is 26.7. The number of anilines is 1. The Kier molecular flexibility index (Phi) is 12.2. The van der Waals surface area contributed by atoms with E-state index in [9.17, 15) is 20.0 Å². The third kappa shape index (κ3) is 8.95. The van der Waals surface area contributed by atoms with Gasteiger partial charge in [0, 0.05) is 6.61 Å². The highest BCUT2D eigenvalue weighted by Crippen LogP contribution is 2.48. The molecule has 1 fully saturated rings. The van der Waals surface area contributed by atoms with Crippen molar-refractivity contribution in [3.8, 4) is 0 Å². The highest BCUT2D eigenvalue weighted by molar-refractivity contribution is 7.52. The average molecular weight is 551 g/mol. The van der Waals surface area contributed by atoms with Gasteiger partial charge in [0.15, 0.2) is 17.7 Å². The van der Waals surface area contributed by atoms with E-state index in [1.165, 1.54) is 17.2 Å². The maximum absolute atomic E-state index is 12.1. The predicted molar refractivity (Wildman–Crippen MR) is 126 cm³/mol. The van der Waals surface area contributed by atoms with Crippen molar-refractivity contribution in [3.05, 3.63) is 12.7 Å². The fourth-order valence-electron chi connectivity index (χ4n) is 3.37. The van der Waals surface area contributed by atoms with Crippen molar-refractivity contribution in [1.82, 2.24) is 19.5 Å². The molecule has 16 nitrogen and oxygen atoms in total. The molecule has 0 bridgehead atoms. The largest absolute Gasteiger partial charge is 0.606 e. The van der Waals surface area contributed by atoms with Crippen LogP contribution in [0, 0.1) is 0 Å². The topological polar surface area (TPSA) is 218 Å². The number of fused-ring (bicyclic) bond motifs is 1. The lowest BCUT2D eigenvalue weighted by atomic mass is 10.1. The number of rotatable bonds is 18. The van der Waals surface area contributed by atoms with Gasteiger partial charge in [0.25, 0.3) is 0 Å². The first kappa shape index (κ1) is 29.9. The van der Waals surface area contributed by atoms with Crippen LogP contribution in [0.5, 0.6) is 0 Å². The van der Waals surface area contributed by atoms with Gasteiger partial charge in [-0.2, -0.15) is 13.9 Å². The van der Waals surface area contributed by atoms with Crippen LogP contribution in [0.2, 0.25) is 0 Å². The maximum atomic E-state index is 12.1. The standard InChI is InChI=1S/C20H34N5O11P/c1-2-30-3-4-31-5-6-32-7-8-33-9-10-34-37(28,29)35-11-14-16(26)17(27)20(36-14)25-13-24-15-18(21)22-12-23-19(15)25/h12-14,16-17,20,26-27H,2-11H2,1H3,(H,28,29)(H2,21,22,23)/t14-,16-,17-,20-/m1/s1. The number of nitrogens with zero attached hydrogens (tertiary/aromatic N) is 4. The summed E-state index contributed by atoms with van der Waals surface area (Å²) < 4.78 is 37.9. The van der Waals surface area contributed by atoms with Crippen molar-refractivity contribution in [3.63, 3.8) is 0 Å². The summed E-state index contributed by atoms with van der Waals surface area (Å²) in [4.78, 5) is 34.0. The van der Waals surface area contributed by atoms with Gasteiger partial charge in [-0.05, 0) is 6.92 Å². The van der Waals surface area contributed by atoms with E-state index in [-0.39, 0.29) is 31.3 Å². The van der Waals surface area contributed by atoms with E-state index in [4.69, 9.17) is 38.5 Å². The van der Waals surface area contributed by atoms with E-state index < -0.39 is 39.3 Å². The summed E-state index contributed by atoms with van der Waals surface area (Å²) in [5.74, 6) is 0.144. The minimum atomic E-state index is -4.47. The van der Waals surface area contributed by atoms with Gasteiger partial charge in [-0.15, -0.1) is 0 Å². The number of phosphoric ester groups is 1. The monoisotopic (exact) mass is 551 g/mol. The summed E-state index contributed by atoms with van der Waals surface area (Å²) in [6.45, 7) is 4.37. The molecular formula is C20H34N5O11P.